The van der Waals surface area contributed by atoms with Crippen LogP contribution in [-0.4, -0.2) is 35.2 Å². The lowest BCUT2D eigenvalue weighted by atomic mass is 9.93. The summed E-state index contributed by atoms with van der Waals surface area (Å²) >= 11 is 0. The van der Waals surface area contributed by atoms with Crippen molar-refractivity contribution in [1.29, 1.82) is 0 Å². The molecule has 2 rings (SSSR count). The largest absolute Gasteiger partial charge is 0.348 e. The molecule has 1 aromatic heterocycles. The van der Waals surface area contributed by atoms with Crippen LogP contribution in [0.5, 0.6) is 0 Å². The van der Waals surface area contributed by atoms with Gasteiger partial charge in [-0.15, -0.1) is 12.4 Å². The number of H-pyrrole nitrogens is 1. The van der Waals surface area contributed by atoms with E-state index in [1.54, 1.807) is 6.07 Å². The highest BCUT2D eigenvalue weighted by molar-refractivity contribution is 5.92. The summed E-state index contributed by atoms with van der Waals surface area (Å²) in [5, 5.41) is 13.1. The van der Waals surface area contributed by atoms with Crippen molar-refractivity contribution >= 4 is 18.3 Å². The second-order valence-electron chi connectivity index (χ2n) is 4.80. The van der Waals surface area contributed by atoms with Crippen LogP contribution in [0.15, 0.2) is 6.07 Å². The molecule has 1 aromatic rings. The van der Waals surface area contributed by atoms with Crippen molar-refractivity contribution < 1.29 is 4.79 Å². The van der Waals surface area contributed by atoms with Gasteiger partial charge in [0, 0.05) is 11.7 Å². The van der Waals surface area contributed by atoms with Gasteiger partial charge < -0.3 is 10.6 Å². The Morgan fingerprint density at radius 1 is 1.61 bits per heavy atom. The van der Waals surface area contributed by atoms with E-state index in [1.807, 2.05) is 6.92 Å². The Morgan fingerprint density at radius 2 is 2.39 bits per heavy atom. The van der Waals surface area contributed by atoms with Gasteiger partial charge in [-0.05, 0) is 51.8 Å². The molecule has 1 saturated heterocycles. The number of hydrogen-bond acceptors (Lipinski definition) is 3. The molecule has 102 valence electrons. The highest BCUT2D eigenvalue weighted by atomic mass is 35.5. The number of halogens is 1. The first kappa shape index (κ1) is 15.0. The number of carbonyl (C=O) groups is 1. The average molecular weight is 273 g/mol. The van der Waals surface area contributed by atoms with E-state index in [1.165, 1.54) is 12.8 Å². The number of nitrogens with zero attached hydrogens (tertiary/aromatic N) is 1. The van der Waals surface area contributed by atoms with E-state index in [4.69, 9.17) is 0 Å². The summed E-state index contributed by atoms with van der Waals surface area (Å²) in [7, 11) is 0. The first-order valence-electron chi connectivity index (χ1n) is 6.20. The maximum atomic E-state index is 11.9. The van der Waals surface area contributed by atoms with E-state index >= 15 is 0 Å². The van der Waals surface area contributed by atoms with Gasteiger partial charge in [0.25, 0.3) is 5.91 Å². The molecule has 5 nitrogen and oxygen atoms in total. The molecule has 1 aliphatic rings. The third kappa shape index (κ3) is 3.71. The number of hydrogen-bond donors (Lipinski definition) is 3. The van der Waals surface area contributed by atoms with Crippen LogP contribution in [0.2, 0.25) is 0 Å². The maximum absolute atomic E-state index is 11.9. The topological polar surface area (TPSA) is 69.8 Å². The van der Waals surface area contributed by atoms with E-state index in [9.17, 15) is 4.79 Å². The van der Waals surface area contributed by atoms with Crippen LogP contribution in [0.25, 0.3) is 0 Å². The van der Waals surface area contributed by atoms with E-state index in [0.29, 0.717) is 11.6 Å². The van der Waals surface area contributed by atoms with Gasteiger partial charge in [-0.25, -0.2) is 0 Å². The molecular formula is C12H21ClN4O. The second-order valence-corrected chi connectivity index (χ2v) is 4.80. The van der Waals surface area contributed by atoms with Crippen molar-refractivity contribution in [1.82, 2.24) is 20.8 Å². The highest BCUT2D eigenvalue weighted by Gasteiger charge is 2.22. The molecule has 0 aromatic carbocycles. The lowest BCUT2D eigenvalue weighted by Crippen LogP contribution is -2.44. The summed E-state index contributed by atoms with van der Waals surface area (Å²) < 4.78 is 0. The van der Waals surface area contributed by atoms with Crippen LogP contribution in [0, 0.1) is 12.8 Å². The number of aryl methyl sites for hydroxylation is 1. The maximum Gasteiger partial charge on any atom is 0.271 e. The summed E-state index contributed by atoms with van der Waals surface area (Å²) in [6, 6.07) is 1.95. The molecule has 0 radical (unpaired) electrons. The van der Waals surface area contributed by atoms with Crippen LogP contribution >= 0.6 is 12.4 Å². The van der Waals surface area contributed by atoms with E-state index in [-0.39, 0.29) is 24.4 Å². The molecule has 0 bridgehead atoms. The SMILES string of the molecule is Cc1cc(C(=O)NC(C)C2CCCNC2)n[nH]1.Cl. The van der Waals surface area contributed by atoms with E-state index in [0.717, 1.165) is 18.8 Å². The minimum absolute atomic E-state index is 0. The van der Waals surface area contributed by atoms with Crippen molar-refractivity contribution in [3.63, 3.8) is 0 Å². The predicted molar refractivity (Wildman–Crippen MR) is 73.1 cm³/mol. The number of piperidine rings is 1. The van der Waals surface area contributed by atoms with Gasteiger partial charge in [0.05, 0.1) is 0 Å². The third-order valence-electron chi connectivity index (χ3n) is 3.34. The Hall–Kier alpha value is -1.07. The molecule has 0 aliphatic carbocycles. The van der Waals surface area contributed by atoms with Gasteiger partial charge in [0.15, 0.2) is 0 Å². The van der Waals surface area contributed by atoms with Crippen molar-refractivity contribution in [2.75, 3.05) is 13.1 Å². The molecule has 2 atom stereocenters. The number of aromatic amines is 1. The van der Waals surface area contributed by atoms with E-state index in [2.05, 4.69) is 27.8 Å². The average Bonchev–Trinajstić information content (AvgIpc) is 2.77. The van der Waals surface area contributed by atoms with Crippen molar-refractivity contribution in [3.8, 4) is 0 Å². The Morgan fingerprint density at radius 3 is 2.94 bits per heavy atom. The minimum Gasteiger partial charge on any atom is -0.348 e. The molecule has 0 spiro atoms. The summed E-state index contributed by atoms with van der Waals surface area (Å²) in [6.45, 7) is 6.03. The lowest BCUT2D eigenvalue weighted by Gasteiger charge is -2.28. The number of rotatable bonds is 3. The summed E-state index contributed by atoms with van der Waals surface area (Å²) in [4.78, 5) is 11.9. The van der Waals surface area contributed by atoms with Gasteiger partial charge in [-0.1, -0.05) is 0 Å². The summed E-state index contributed by atoms with van der Waals surface area (Å²) in [5.41, 5.74) is 1.38. The van der Waals surface area contributed by atoms with Crippen LogP contribution in [-0.2, 0) is 0 Å². The second kappa shape index (κ2) is 6.75. The van der Waals surface area contributed by atoms with Gasteiger partial charge in [0.2, 0.25) is 0 Å². The van der Waals surface area contributed by atoms with Crippen LogP contribution < -0.4 is 10.6 Å². The zero-order valence-corrected chi connectivity index (χ0v) is 11.6. The third-order valence-corrected chi connectivity index (χ3v) is 3.34. The normalized spacial score (nSPS) is 20.9. The molecule has 0 saturated carbocycles. The standard InChI is InChI=1S/C12H20N4O.ClH/c1-8-6-11(16-15-8)12(17)14-9(2)10-4-3-5-13-7-10;/h6,9-10,13H,3-5,7H2,1-2H3,(H,14,17)(H,15,16);1H. The monoisotopic (exact) mass is 272 g/mol. The van der Waals surface area contributed by atoms with Crippen LogP contribution in [0.3, 0.4) is 0 Å². The number of nitrogens with one attached hydrogen (secondary N) is 3. The van der Waals surface area contributed by atoms with Crippen molar-refractivity contribution in [3.05, 3.63) is 17.5 Å². The van der Waals surface area contributed by atoms with Crippen molar-refractivity contribution in [2.24, 2.45) is 5.92 Å². The highest BCUT2D eigenvalue weighted by Crippen LogP contribution is 2.14. The Kier molecular flexibility index (Phi) is 5.62. The molecule has 2 heterocycles. The van der Waals surface area contributed by atoms with E-state index < -0.39 is 0 Å². The van der Waals surface area contributed by atoms with Crippen molar-refractivity contribution in [2.45, 2.75) is 32.7 Å². The number of carbonyl (C=O) groups excluding carboxylic acids is 1. The fraction of sp³-hybridized carbons (Fsp3) is 0.667. The zero-order valence-electron chi connectivity index (χ0n) is 10.8. The van der Waals surface area contributed by atoms with Gasteiger partial charge in [0.1, 0.15) is 5.69 Å². The summed E-state index contributed by atoms with van der Waals surface area (Å²) in [5.74, 6) is 0.431. The first-order chi connectivity index (χ1) is 8.16. The van der Waals surface area contributed by atoms with Gasteiger partial charge in [-0.2, -0.15) is 5.10 Å². The molecule has 2 unspecified atom stereocenters. The summed E-state index contributed by atoms with van der Waals surface area (Å²) in [6.07, 6.45) is 2.36. The molecule has 6 heteroatoms. The fourth-order valence-corrected chi connectivity index (χ4v) is 2.24. The predicted octanol–water partition coefficient (Wildman–Crippen LogP) is 1.26. The van der Waals surface area contributed by atoms with Gasteiger partial charge >= 0.3 is 0 Å². The van der Waals surface area contributed by atoms with Crippen LogP contribution in [0.1, 0.15) is 35.9 Å². The molecule has 1 amide bonds. The smallest absolute Gasteiger partial charge is 0.271 e. The number of amides is 1. The fourth-order valence-electron chi connectivity index (χ4n) is 2.24. The molecule has 3 N–H and O–H groups in total. The van der Waals surface area contributed by atoms with Crippen LogP contribution in [0.4, 0.5) is 0 Å². The lowest BCUT2D eigenvalue weighted by molar-refractivity contribution is 0.0917. The molecule has 18 heavy (non-hydrogen) atoms. The quantitative estimate of drug-likeness (QED) is 0.776. The first-order valence-corrected chi connectivity index (χ1v) is 6.20. The zero-order chi connectivity index (χ0) is 12.3. The van der Waals surface area contributed by atoms with Gasteiger partial charge in [-0.3, -0.25) is 9.89 Å². The Labute approximate surface area is 114 Å². The minimum atomic E-state index is -0.0903. The number of aromatic nitrogens is 2. The Balaban J connectivity index is 0.00000162. The molecule has 1 aliphatic heterocycles. The molecular weight excluding hydrogens is 252 g/mol. The molecule has 1 fully saturated rings. The Bertz CT molecular complexity index is 387.